The Labute approximate surface area is 56.7 Å². The van der Waals surface area contributed by atoms with Crippen molar-refractivity contribution in [3.05, 3.63) is 0 Å². The lowest BCUT2D eigenvalue weighted by atomic mass is 10.6. The van der Waals surface area contributed by atoms with Crippen LogP contribution in [-0.2, 0) is 0 Å². The fourth-order valence-corrected chi connectivity index (χ4v) is 0. The second-order valence-corrected chi connectivity index (χ2v) is 1.08. The summed E-state index contributed by atoms with van der Waals surface area (Å²) in [7, 11) is 1.82. The zero-order chi connectivity index (χ0) is 4.28. The van der Waals surface area contributed by atoms with Gasteiger partial charge in [-0.05, 0) is 14.0 Å². The molecule has 0 rings (SSSR count). The molecule has 0 aromatic heterocycles. The predicted octanol–water partition coefficient (Wildman–Crippen LogP) is 0.354. The van der Waals surface area contributed by atoms with Crippen molar-refractivity contribution < 1.29 is 0 Å². The molecule has 0 aliphatic carbocycles. The fourth-order valence-electron chi connectivity index (χ4n) is 0. The minimum Gasteiger partial charge on any atom is -0.316 e. The molecular weight excluding hydrogens is 135 g/mol. The Kier molecular flexibility index (Phi) is 21.7. The Morgan fingerprint density at radius 1 is 1.43 bits per heavy atom. The Hall–Kier alpha value is 0.500. The van der Waals surface area contributed by atoms with Crippen LogP contribution in [0.15, 0.2) is 0 Å². The van der Waals surface area contributed by atoms with Crippen LogP contribution in [0.2, 0.25) is 0 Å². The predicted molar refractivity (Wildman–Crippen MR) is 37.2 cm³/mol. The molecule has 0 aliphatic heterocycles. The van der Waals surface area contributed by atoms with E-state index in [1.807, 2.05) is 14.0 Å². The third-order valence-electron chi connectivity index (χ3n) is 0.455. The molecule has 0 aromatic carbocycles. The number of hydrogen-bond acceptors (Lipinski definition) is 2. The first kappa shape index (κ1) is 15.6. The van der Waals surface area contributed by atoms with Crippen LogP contribution in [0.4, 0.5) is 0 Å². The Morgan fingerprint density at radius 3 is 1.57 bits per heavy atom. The van der Waals surface area contributed by atoms with Gasteiger partial charge in [0, 0.05) is 0 Å². The summed E-state index contributed by atoms with van der Waals surface area (Å²) in [5, 5.41) is 2.81. The quantitative estimate of drug-likeness (QED) is 0.525. The number of hydrogen-bond donors (Lipinski definition) is 2. The highest BCUT2D eigenvalue weighted by molar-refractivity contribution is 5.85. The Morgan fingerprint density at radius 2 is 1.57 bits per heavy atom. The van der Waals surface area contributed by atoms with Crippen molar-refractivity contribution in [3.8, 4) is 0 Å². The second-order valence-electron chi connectivity index (χ2n) is 1.08. The fraction of sp³-hybridized carbons (Fsp3) is 1.00. The Bertz CT molecular complexity index is 24.9. The van der Waals surface area contributed by atoms with Crippen LogP contribution >= 0.6 is 24.8 Å². The molecule has 0 saturated carbocycles. The largest absolute Gasteiger partial charge is 0.316 e. The first-order valence-corrected chi connectivity index (χ1v) is 1.70. The highest BCUT2D eigenvalue weighted by atomic mass is 35.5. The standard InChI is InChI=1S/C3H10N2.2ClH/c1-3(4)5-2;;/h3,5H,4H2,1-2H3;2*1H. The number of nitrogens with one attached hydrogen (secondary N) is 1. The monoisotopic (exact) mass is 146 g/mol. The lowest BCUT2D eigenvalue weighted by Gasteiger charge is -1.96. The topological polar surface area (TPSA) is 38.0 Å². The normalized spacial score (nSPS) is 10.7. The maximum atomic E-state index is 5.18. The first-order chi connectivity index (χ1) is 2.27. The molecule has 1 atom stereocenters. The summed E-state index contributed by atoms with van der Waals surface area (Å²) in [6.45, 7) is 1.89. The van der Waals surface area contributed by atoms with Crippen molar-refractivity contribution in [2.24, 2.45) is 5.73 Å². The lowest BCUT2D eigenvalue weighted by Crippen LogP contribution is -2.30. The molecule has 0 aliphatic rings. The van der Waals surface area contributed by atoms with E-state index in [1.165, 1.54) is 0 Å². The average molecular weight is 147 g/mol. The van der Waals surface area contributed by atoms with Crippen molar-refractivity contribution in [2.75, 3.05) is 7.05 Å². The van der Waals surface area contributed by atoms with Gasteiger partial charge < -0.3 is 11.1 Å². The molecule has 0 radical (unpaired) electrons. The van der Waals surface area contributed by atoms with Crippen LogP contribution in [-0.4, -0.2) is 13.2 Å². The van der Waals surface area contributed by atoms with Gasteiger partial charge in [0.15, 0.2) is 0 Å². The average Bonchev–Trinajstić information content (AvgIpc) is 1.38. The molecule has 4 heteroatoms. The van der Waals surface area contributed by atoms with E-state index in [0.29, 0.717) is 0 Å². The molecule has 48 valence electrons. The zero-order valence-electron chi connectivity index (χ0n) is 4.47. The van der Waals surface area contributed by atoms with E-state index < -0.39 is 0 Å². The van der Waals surface area contributed by atoms with E-state index >= 15 is 0 Å². The summed E-state index contributed by atoms with van der Waals surface area (Å²) >= 11 is 0. The van der Waals surface area contributed by atoms with Crippen molar-refractivity contribution in [2.45, 2.75) is 13.1 Å². The van der Waals surface area contributed by atoms with Crippen LogP contribution < -0.4 is 11.1 Å². The molecule has 0 aromatic rings. The van der Waals surface area contributed by atoms with Crippen LogP contribution in [0.3, 0.4) is 0 Å². The molecule has 0 heterocycles. The van der Waals surface area contributed by atoms with E-state index in [0.717, 1.165) is 0 Å². The van der Waals surface area contributed by atoms with Crippen molar-refractivity contribution in [1.82, 2.24) is 5.32 Å². The van der Waals surface area contributed by atoms with Gasteiger partial charge in [-0.25, -0.2) is 0 Å². The van der Waals surface area contributed by atoms with Gasteiger partial charge in [-0.3, -0.25) is 0 Å². The first-order valence-electron chi connectivity index (χ1n) is 1.70. The van der Waals surface area contributed by atoms with Crippen molar-refractivity contribution in [3.63, 3.8) is 0 Å². The molecule has 7 heavy (non-hydrogen) atoms. The highest BCUT2D eigenvalue weighted by Gasteiger charge is 1.76. The summed E-state index contributed by atoms with van der Waals surface area (Å²) < 4.78 is 0. The number of halogens is 2. The molecular formula is C3H12Cl2N2. The van der Waals surface area contributed by atoms with Gasteiger partial charge >= 0.3 is 0 Å². The van der Waals surface area contributed by atoms with Crippen molar-refractivity contribution >= 4 is 24.8 Å². The van der Waals surface area contributed by atoms with E-state index in [1.54, 1.807) is 0 Å². The van der Waals surface area contributed by atoms with E-state index in [4.69, 9.17) is 5.73 Å². The zero-order valence-corrected chi connectivity index (χ0v) is 6.10. The molecule has 2 nitrogen and oxygen atoms in total. The van der Waals surface area contributed by atoms with Crippen molar-refractivity contribution in [1.29, 1.82) is 0 Å². The molecule has 0 amide bonds. The highest BCUT2D eigenvalue weighted by Crippen LogP contribution is 1.52. The van der Waals surface area contributed by atoms with Gasteiger partial charge in [0.2, 0.25) is 0 Å². The summed E-state index contributed by atoms with van der Waals surface area (Å²) in [5.74, 6) is 0. The maximum Gasteiger partial charge on any atom is 0.0514 e. The Balaban J connectivity index is -0.0000000800. The van der Waals surface area contributed by atoms with Crippen LogP contribution in [0.25, 0.3) is 0 Å². The molecule has 0 saturated heterocycles. The summed E-state index contributed by atoms with van der Waals surface area (Å²) in [6.07, 6.45) is 0.134. The maximum absolute atomic E-state index is 5.18. The molecule has 3 N–H and O–H groups in total. The second kappa shape index (κ2) is 9.71. The van der Waals surface area contributed by atoms with Gasteiger partial charge in [-0.15, -0.1) is 24.8 Å². The third-order valence-corrected chi connectivity index (χ3v) is 0.455. The third kappa shape index (κ3) is 21.1. The smallest absolute Gasteiger partial charge is 0.0514 e. The van der Waals surface area contributed by atoms with Crippen LogP contribution in [0.5, 0.6) is 0 Å². The van der Waals surface area contributed by atoms with Gasteiger partial charge in [0.1, 0.15) is 0 Å². The molecule has 0 fully saturated rings. The number of rotatable bonds is 1. The van der Waals surface area contributed by atoms with Gasteiger partial charge in [0.05, 0.1) is 6.17 Å². The van der Waals surface area contributed by atoms with Gasteiger partial charge in [-0.2, -0.15) is 0 Å². The molecule has 1 unspecified atom stereocenters. The van der Waals surface area contributed by atoms with Crippen LogP contribution in [0.1, 0.15) is 6.92 Å². The summed E-state index contributed by atoms with van der Waals surface area (Å²) in [5.41, 5.74) is 5.18. The van der Waals surface area contributed by atoms with E-state index in [9.17, 15) is 0 Å². The minimum atomic E-state index is 0. The summed E-state index contributed by atoms with van der Waals surface area (Å²) in [4.78, 5) is 0. The molecule has 0 spiro atoms. The van der Waals surface area contributed by atoms with E-state index in [-0.39, 0.29) is 31.0 Å². The SMILES string of the molecule is CNC(C)N.Cl.Cl. The summed E-state index contributed by atoms with van der Waals surface area (Å²) in [6, 6.07) is 0. The lowest BCUT2D eigenvalue weighted by molar-refractivity contribution is 0.639. The van der Waals surface area contributed by atoms with E-state index in [2.05, 4.69) is 5.32 Å². The van der Waals surface area contributed by atoms with Crippen LogP contribution in [0, 0.1) is 0 Å². The van der Waals surface area contributed by atoms with Gasteiger partial charge in [0.25, 0.3) is 0 Å². The molecule has 0 bridgehead atoms. The van der Waals surface area contributed by atoms with Gasteiger partial charge in [-0.1, -0.05) is 0 Å². The minimum absolute atomic E-state index is 0. The number of nitrogens with two attached hydrogens (primary N) is 1.